The van der Waals surface area contributed by atoms with E-state index in [-0.39, 0.29) is 0 Å². The molecule has 102 valence electrons. The molecule has 0 saturated heterocycles. The summed E-state index contributed by atoms with van der Waals surface area (Å²) in [6.07, 6.45) is 7.22. The highest BCUT2D eigenvalue weighted by atomic mass is 15.0. The van der Waals surface area contributed by atoms with E-state index in [0.29, 0.717) is 0 Å². The molecule has 0 radical (unpaired) electrons. The summed E-state index contributed by atoms with van der Waals surface area (Å²) in [5.41, 5.74) is 0.997. The van der Waals surface area contributed by atoms with Crippen molar-refractivity contribution in [3.8, 4) is 0 Å². The first-order valence-corrected chi connectivity index (χ1v) is 7.05. The Labute approximate surface area is 111 Å². The number of nitrogens with zero attached hydrogens (tertiary/aromatic N) is 2. The van der Waals surface area contributed by atoms with Gasteiger partial charge in [0, 0.05) is 13.1 Å². The van der Waals surface area contributed by atoms with E-state index in [1.54, 1.807) is 0 Å². The van der Waals surface area contributed by atoms with Crippen molar-refractivity contribution in [3.63, 3.8) is 0 Å². The Morgan fingerprint density at radius 2 is 1.89 bits per heavy atom. The van der Waals surface area contributed by atoms with Crippen LogP contribution in [0.25, 0.3) is 0 Å². The minimum Gasteiger partial charge on any atom is -0.369 e. The molecule has 0 amide bonds. The lowest BCUT2D eigenvalue weighted by Gasteiger charge is -2.13. The second kappa shape index (κ2) is 8.86. The van der Waals surface area contributed by atoms with Gasteiger partial charge in [0.05, 0.1) is 18.1 Å². The first-order chi connectivity index (χ1) is 8.80. The van der Waals surface area contributed by atoms with Crippen molar-refractivity contribution in [3.05, 3.63) is 18.1 Å². The summed E-state index contributed by atoms with van der Waals surface area (Å²) in [6.45, 7) is 9.41. The Bertz CT molecular complexity index is 306. The molecule has 1 heterocycles. The molecule has 0 aliphatic rings. The molecular weight excluding hydrogens is 224 g/mol. The van der Waals surface area contributed by atoms with Crippen LogP contribution in [0.2, 0.25) is 0 Å². The van der Waals surface area contributed by atoms with E-state index in [2.05, 4.69) is 41.4 Å². The average Bonchev–Trinajstić information content (AvgIpc) is 2.42. The maximum Gasteiger partial charge on any atom is 0.144 e. The molecule has 0 unspecified atom stereocenters. The molecule has 0 atom stereocenters. The molecule has 0 fully saturated rings. The zero-order chi connectivity index (χ0) is 13.2. The number of rotatable bonds is 9. The minimum absolute atomic E-state index is 0.720. The van der Waals surface area contributed by atoms with E-state index in [9.17, 15) is 0 Å². The summed E-state index contributed by atoms with van der Waals surface area (Å²) >= 11 is 0. The molecule has 4 heteroatoms. The van der Waals surface area contributed by atoms with Crippen LogP contribution in [-0.2, 0) is 6.54 Å². The normalized spacial score (nSPS) is 10.9. The first kappa shape index (κ1) is 14.9. The number of hydrogen-bond donors (Lipinski definition) is 2. The van der Waals surface area contributed by atoms with E-state index < -0.39 is 0 Å². The SMILES string of the molecule is CCCNCc1cnc(NCC(CC)CC)cn1. The van der Waals surface area contributed by atoms with Crippen molar-refractivity contribution < 1.29 is 0 Å². The van der Waals surface area contributed by atoms with Crippen molar-refractivity contribution in [2.75, 3.05) is 18.4 Å². The standard InChI is InChI=1S/C14H26N4/c1-4-7-15-9-13-10-18-14(11-16-13)17-8-12(5-2)6-3/h10-12,15H,4-9H2,1-3H3,(H,17,18). The van der Waals surface area contributed by atoms with Gasteiger partial charge in [-0.05, 0) is 18.9 Å². The van der Waals surface area contributed by atoms with Gasteiger partial charge in [0.1, 0.15) is 5.82 Å². The Balaban J connectivity index is 2.35. The van der Waals surface area contributed by atoms with Crippen molar-refractivity contribution in [1.82, 2.24) is 15.3 Å². The molecule has 0 aliphatic carbocycles. The third-order valence-electron chi connectivity index (χ3n) is 3.16. The van der Waals surface area contributed by atoms with Crippen LogP contribution in [0.1, 0.15) is 45.7 Å². The van der Waals surface area contributed by atoms with E-state index >= 15 is 0 Å². The quantitative estimate of drug-likeness (QED) is 0.662. The summed E-state index contributed by atoms with van der Waals surface area (Å²) < 4.78 is 0. The topological polar surface area (TPSA) is 49.8 Å². The van der Waals surface area contributed by atoms with Crippen LogP contribution in [0, 0.1) is 5.92 Å². The third-order valence-corrected chi connectivity index (χ3v) is 3.16. The van der Waals surface area contributed by atoms with Crippen molar-refractivity contribution in [2.24, 2.45) is 5.92 Å². The Hall–Kier alpha value is -1.16. The monoisotopic (exact) mass is 250 g/mol. The fourth-order valence-electron chi connectivity index (χ4n) is 1.76. The number of hydrogen-bond acceptors (Lipinski definition) is 4. The van der Waals surface area contributed by atoms with Gasteiger partial charge in [0.15, 0.2) is 0 Å². The molecule has 0 aromatic carbocycles. The Morgan fingerprint density at radius 1 is 1.11 bits per heavy atom. The highest BCUT2D eigenvalue weighted by Gasteiger charge is 2.03. The molecule has 0 saturated carbocycles. The second-order valence-corrected chi connectivity index (χ2v) is 4.63. The first-order valence-electron chi connectivity index (χ1n) is 7.05. The lowest BCUT2D eigenvalue weighted by molar-refractivity contribution is 0.518. The van der Waals surface area contributed by atoms with Crippen LogP contribution in [0.5, 0.6) is 0 Å². The van der Waals surface area contributed by atoms with Gasteiger partial charge in [-0.1, -0.05) is 33.6 Å². The van der Waals surface area contributed by atoms with E-state index in [1.165, 1.54) is 12.8 Å². The smallest absolute Gasteiger partial charge is 0.144 e. The lowest BCUT2D eigenvalue weighted by Crippen LogP contribution is -2.16. The van der Waals surface area contributed by atoms with Crippen LogP contribution in [0.3, 0.4) is 0 Å². The highest BCUT2D eigenvalue weighted by molar-refractivity contribution is 5.30. The average molecular weight is 250 g/mol. The van der Waals surface area contributed by atoms with Gasteiger partial charge in [-0.3, -0.25) is 4.98 Å². The molecule has 0 bridgehead atoms. The molecule has 1 aromatic heterocycles. The largest absolute Gasteiger partial charge is 0.369 e. The van der Waals surface area contributed by atoms with Crippen LogP contribution in [-0.4, -0.2) is 23.1 Å². The minimum atomic E-state index is 0.720. The van der Waals surface area contributed by atoms with Crippen molar-refractivity contribution in [2.45, 2.75) is 46.6 Å². The molecule has 1 rings (SSSR count). The zero-order valence-electron chi connectivity index (χ0n) is 11.9. The fourth-order valence-corrected chi connectivity index (χ4v) is 1.76. The maximum absolute atomic E-state index is 4.39. The molecule has 2 N–H and O–H groups in total. The van der Waals surface area contributed by atoms with Gasteiger partial charge in [0.2, 0.25) is 0 Å². The Morgan fingerprint density at radius 3 is 2.44 bits per heavy atom. The number of nitrogens with one attached hydrogen (secondary N) is 2. The van der Waals surface area contributed by atoms with Crippen LogP contribution >= 0.6 is 0 Å². The number of aromatic nitrogens is 2. The summed E-state index contributed by atoms with van der Waals surface area (Å²) in [5.74, 6) is 1.60. The summed E-state index contributed by atoms with van der Waals surface area (Å²) in [4.78, 5) is 8.78. The van der Waals surface area contributed by atoms with Crippen LogP contribution in [0.4, 0.5) is 5.82 Å². The van der Waals surface area contributed by atoms with E-state index in [4.69, 9.17) is 0 Å². The Kier molecular flexibility index (Phi) is 7.34. The summed E-state index contributed by atoms with van der Waals surface area (Å²) in [6, 6.07) is 0. The van der Waals surface area contributed by atoms with Crippen LogP contribution < -0.4 is 10.6 Å². The maximum atomic E-state index is 4.39. The second-order valence-electron chi connectivity index (χ2n) is 4.63. The van der Waals surface area contributed by atoms with Gasteiger partial charge in [0.25, 0.3) is 0 Å². The fraction of sp³-hybridized carbons (Fsp3) is 0.714. The van der Waals surface area contributed by atoms with E-state index in [1.807, 2.05) is 12.4 Å². The molecule has 0 spiro atoms. The predicted octanol–water partition coefficient (Wildman–Crippen LogP) is 2.82. The summed E-state index contributed by atoms with van der Waals surface area (Å²) in [7, 11) is 0. The predicted molar refractivity (Wildman–Crippen MR) is 76.6 cm³/mol. The van der Waals surface area contributed by atoms with Crippen LogP contribution in [0.15, 0.2) is 12.4 Å². The third kappa shape index (κ3) is 5.45. The molecule has 1 aromatic rings. The van der Waals surface area contributed by atoms with Crippen molar-refractivity contribution in [1.29, 1.82) is 0 Å². The molecule has 18 heavy (non-hydrogen) atoms. The number of anilines is 1. The van der Waals surface area contributed by atoms with Crippen molar-refractivity contribution >= 4 is 5.82 Å². The zero-order valence-corrected chi connectivity index (χ0v) is 11.9. The van der Waals surface area contributed by atoms with Gasteiger partial charge >= 0.3 is 0 Å². The van der Waals surface area contributed by atoms with Gasteiger partial charge in [-0.15, -0.1) is 0 Å². The highest BCUT2D eigenvalue weighted by Crippen LogP contribution is 2.09. The lowest BCUT2D eigenvalue weighted by atomic mass is 10.0. The summed E-state index contributed by atoms with van der Waals surface area (Å²) in [5, 5.41) is 6.66. The molecule has 0 aliphatic heterocycles. The molecular formula is C14H26N4. The van der Waals surface area contributed by atoms with E-state index in [0.717, 1.165) is 43.5 Å². The van der Waals surface area contributed by atoms with Gasteiger partial charge in [-0.2, -0.15) is 0 Å². The van der Waals surface area contributed by atoms with Gasteiger partial charge < -0.3 is 10.6 Å². The van der Waals surface area contributed by atoms with Gasteiger partial charge in [-0.25, -0.2) is 4.98 Å². The molecule has 4 nitrogen and oxygen atoms in total.